The summed E-state index contributed by atoms with van der Waals surface area (Å²) < 4.78 is 0. The van der Waals surface area contributed by atoms with Crippen LogP contribution < -0.4 is 11.1 Å². The third kappa shape index (κ3) is 1.46. The van der Waals surface area contributed by atoms with E-state index in [1.54, 1.807) is 0 Å². The van der Waals surface area contributed by atoms with Gasteiger partial charge in [0.2, 0.25) is 11.8 Å². The maximum atomic E-state index is 10.9. The molecule has 0 saturated heterocycles. The second kappa shape index (κ2) is 2.68. The molecular formula is C6H12N2O2. The van der Waals surface area contributed by atoms with Gasteiger partial charge >= 0.3 is 0 Å². The lowest BCUT2D eigenvalue weighted by Crippen LogP contribution is -2.44. The molecule has 0 spiro atoms. The van der Waals surface area contributed by atoms with Crippen LogP contribution in [0.2, 0.25) is 0 Å². The predicted octanol–water partition coefficient (Wildman–Crippen LogP) is -0.756. The second-order valence-corrected chi connectivity index (χ2v) is 2.57. The number of primary amides is 1. The minimum atomic E-state index is -1.10. The molecule has 4 nitrogen and oxygen atoms in total. The van der Waals surface area contributed by atoms with Crippen LogP contribution in [0.3, 0.4) is 0 Å². The molecule has 0 aliphatic heterocycles. The molecule has 0 rings (SSSR count). The first-order chi connectivity index (χ1) is 4.42. The van der Waals surface area contributed by atoms with Gasteiger partial charge in [-0.05, 0) is 13.8 Å². The highest BCUT2D eigenvalue weighted by molar-refractivity contribution is 6.03. The third-order valence-electron chi connectivity index (χ3n) is 1.41. The molecular weight excluding hydrogens is 132 g/mol. The maximum absolute atomic E-state index is 10.9. The average molecular weight is 144 g/mol. The molecule has 0 radical (unpaired) electrons. The number of carbonyl (C=O) groups is 2. The minimum absolute atomic E-state index is 0.361. The molecule has 0 unspecified atom stereocenters. The van der Waals surface area contributed by atoms with E-state index in [1.165, 1.54) is 20.9 Å². The van der Waals surface area contributed by atoms with Gasteiger partial charge in [-0.15, -0.1) is 0 Å². The Morgan fingerprint density at radius 1 is 1.40 bits per heavy atom. The zero-order valence-corrected chi connectivity index (χ0v) is 6.39. The Bertz CT molecular complexity index is 163. The van der Waals surface area contributed by atoms with Gasteiger partial charge in [0.15, 0.2) is 0 Å². The first-order valence-electron chi connectivity index (χ1n) is 2.95. The van der Waals surface area contributed by atoms with Crippen molar-refractivity contribution < 1.29 is 9.59 Å². The fraction of sp³-hybridized carbons (Fsp3) is 0.667. The van der Waals surface area contributed by atoms with E-state index in [2.05, 4.69) is 5.32 Å². The molecule has 4 heteroatoms. The summed E-state index contributed by atoms with van der Waals surface area (Å²) in [6, 6.07) is 0. The summed E-state index contributed by atoms with van der Waals surface area (Å²) in [4.78, 5) is 21.4. The zero-order valence-electron chi connectivity index (χ0n) is 6.39. The van der Waals surface area contributed by atoms with Crippen LogP contribution in [0.1, 0.15) is 13.8 Å². The first kappa shape index (κ1) is 8.94. The lowest BCUT2D eigenvalue weighted by Gasteiger charge is -2.17. The van der Waals surface area contributed by atoms with Gasteiger partial charge in [0.05, 0.1) is 0 Å². The predicted molar refractivity (Wildman–Crippen MR) is 37.0 cm³/mol. The summed E-state index contributed by atoms with van der Waals surface area (Å²) in [6.45, 7) is 2.96. The van der Waals surface area contributed by atoms with E-state index in [0.29, 0.717) is 0 Å². The van der Waals surface area contributed by atoms with Crippen LogP contribution in [0.15, 0.2) is 0 Å². The van der Waals surface area contributed by atoms with E-state index in [4.69, 9.17) is 5.73 Å². The molecule has 0 aliphatic rings. The molecule has 0 bridgehead atoms. The highest BCUT2D eigenvalue weighted by Crippen LogP contribution is 2.12. The molecule has 0 saturated carbocycles. The molecule has 0 aromatic rings. The topological polar surface area (TPSA) is 72.2 Å². The fourth-order valence-electron chi connectivity index (χ4n) is 0.424. The van der Waals surface area contributed by atoms with Crippen LogP contribution in [0.25, 0.3) is 0 Å². The summed E-state index contributed by atoms with van der Waals surface area (Å²) >= 11 is 0. The molecule has 0 fully saturated rings. The Balaban J connectivity index is 4.40. The van der Waals surface area contributed by atoms with Crippen LogP contribution >= 0.6 is 0 Å². The Hall–Kier alpha value is -1.06. The van der Waals surface area contributed by atoms with Crippen molar-refractivity contribution in [3.63, 3.8) is 0 Å². The summed E-state index contributed by atoms with van der Waals surface area (Å²) in [5.74, 6) is -0.980. The van der Waals surface area contributed by atoms with E-state index >= 15 is 0 Å². The van der Waals surface area contributed by atoms with Gasteiger partial charge in [-0.1, -0.05) is 0 Å². The number of amides is 2. The van der Waals surface area contributed by atoms with Gasteiger partial charge in [0.1, 0.15) is 5.41 Å². The quantitative estimate of drug-likeness (QED) is 0.500. The summed E-state index contributed by atoms with van der Waals surface area (Å²) in [5, 5.41) is 2.35. The number of nitrogens with two attached hydrogens (primary N) is 1. The van der Waals surface area contributed by atoms with E-state index < -0.39 is 11.3 Å². The Kier molecular flexibility index (Phi) is 2.40. The molecule has 2 amide bonds. The number of hydrogen-bond donors (Lipinski definition) is 2. The molecule has 0 heterocycles. The highest BCUT2D eigenvalue weighted by atomic mass is 16.2. The third-order valence-corrected chi connectivity index (χ3v) is 1.41. The SMILES string of the molecule is CNC(=O)C(C)(C)C(N)=O. The van der Waals surface area contributed by atoms with Gasteiger partial charge in [-0.2, -0.15) is 0 Å². The average Bonchev–Trinajstić information content (AvgIpc) is 1.86. The summed E-state index contributed by atoms with van der Waals surface area (Å²) in [5.41, 5.74) is 3.84. The summed E-state index contributed by atoms with van der Waals surface area (Å²) in [6.07, 6.45) is 0. The Labute approximate surface area is 59.8 Å². The van der Waals surface area contributed by atoms with E-state index in [1.807, 2.05) is 0 Å². The highest BCUT2D eigenvalue weighted by Gasteiger charge is 2.32. The fourth-order valence-corrected chi connectivity index (χ4v) is 0.424. The minimum Gasteiger partial charge on any atom is -0.369 e. The Morgan fingerprint density at radius 3 is 1.90 bits per heavy atom. The van der Waals surface area contributed by atoms with Gasteiger partial charge in [-0.25, -0.2) is 0 Å². The van der Waals surface area contributed by atoms with Crippen molar-refractivity contribution in [1.82, 2.24) is 5.32 Å². The number of rotatable bonds is 2. The van der Waals surface area contributed by atoms with E-state index in [0.717, 1.165) is 0 Å². The van der Waals surface area contributed by atoms with Crippen LogP contribution in [0, 0.1) is 5.41 Å². The number of carbonyl (C=O) groups excluding carboxylic acids is 2. The summed E-state index contributed by atoms with van der Waals surface area (Å²) in [7, 11) is 1.47. The molecule has 0 aromatic heterocycles. The normalized spacial score (nSPS) is 10.7. The molecule has 0 aliphatic carbocycles. The number of hydrogen-bond acceptors (Lipinski definition) is 2. The molecule has 10 heavy (non-hydrogen) atoms. The van der Waals surface area contributed by atoms with Crippen molar-refractivity contribution in [3.8, 4) is 0 Å². The number of nitrogens with one attached hydrogen (secondary N) is 1. The first-order valence-corrected chi connectivity index (χ1v) is 2.95. The van der Waals surface area contributed by atoms with Crippen molar-refractivity contribution >= 4 is 11.8 Å². The molecule has 0 atom stereocenters. The zero-order chi connectivity index (χ0) is 8.36. The van der Waals surface area contributed by atoms with Crippen LogP contribution in [0.5, 0.6) is 0 Å². The van der Waals surface area contributed by atoms with Crippen molar-refractivity contribution in [2.75, 3.05) is 7.05 Å². The Morgan fingerprint density at radius 2 is 1.80 bits per heavy atom. The van der Waals surface area contributed by atoms with Crippen molar-refractivity contribution in [3.05, 3.63) is 0 Å². The van der Waals surface area contributed by atoms with Gasteiger partial charge in [0, 0.05) is 7.05 Å². The van der Waals surface area contributed by atoms with Gasteiger partial charge < -0.3 is 11.1 Å². The lowest BCUT2D eigenvalue weighted by molar-refractivity contribution is -0.139. The van der Waals surface area contributed by atoms with Crippen molar-refractivity contribution in [1.29, 1.82) is 0 Å². The van der Waals surface area contributed by atoms with Crippen LogP contribution in [0.4, 0.5) is 0 Å². The molecule has 58 valence electrons. The van der Waals surface area contributed by atoms with E-state index in [9.17, 15) is 9.59 Å². The van der Waals surface area contributed by atoms with Crippen molar-refractivity contribution in [2.45, 2.75) is 13.8 Å². The standard InChI is InChI=1S/C6H12N2O2/c1-6(2,4(7)9)5(10)8-3/h1-3H3,(H2,7,9)(H,8,10). The largest absolute Gasteiger partial charge is 0.369 e. The van der Waals surface area contributed by atoms with Crippen molar-refractivity contribution in [2.24, 2.45) is 11.1 Å². The lowest BCUT2D eigenvalue weighted by atomic mass is 9.92. The maximum Gasteiger partial charge on any atom is 0.234 e. The van der Waals surface area contributed by atoms with Crippen LogP contribution in [-0.4, -0.2) is 18.9 Å². The van der Waals surface area contributed by atoms with Gasteiger partial charge in [-0.3, -0.25) is 9.59 Å². The van der Waals surface area contributed by atoms with Gasteiger partial charge in [0.25, 0.3) is 0 Å². The smallest absolute Gasteiger partial charge is 0.234 e. The van der Waals surface area contributed by atoms with E-state index in [-0.39, 0.29) is 5.91 Å². The monoisotopic (exact) mass is 144 g/mol. The van der Waals surface area contributed by atoms with Crippen LogP contribution in [-0.2, 0) is 9.59 Å². The second-order valence-electron chi connectivity index (χ2n) is 2.57. The molecule has 3 N–H and O–H groups in total. The molecule has 0 aromatic carbocycles.